The number of hydrogen-bond acceptors (Lipinski definition) is 7. The summed E-state index contributed by atoms with van der Waals surface area (Å²) in [6.45, 7) is 1.38. The molecule has 22 heavy (non-hydrogen) atoms. The van der Waals surface area contributed by atoms with Gasteiger partial charge in [-0.15, -0.1) is 5.23 Å². The highest BCUT2D eigenvalue weighted by atomic mass is 16.8. The molecule has 0 aliphatic heterocycles. The highest BCUT2D eigenvalue weighted by Crippen LogP contribution is 2.30. The van der Waals surface area contributed by atoms with Gasteiger partial charge in [0, 0.05) is 17.3 Å². The maximum Gasteiger partial charge on any atom is 0.251 e. The van der Waals surface area contributed by atoms with Crippen LogP contribution in [0, 0.1) is 17.3 Å². The molecule has 0 spiro atoms. The molecule has 0 saturated heterocycles. The summed E-state index contributed by atoms with van der Waals surface area (Å²) in [5.41, 5.74) is -0.419. The monoisotopic (exact) mass is 309 g/mol. The number of anilines is 2. The summed E-state index contributed by atoms with van der Waals surface area (Å²) in [6, 6.07) is 2.44. The van der Waals surface area contributed by atoms with Crippen LogP contribution in [-0.4, -0.2) is 22.4 Å². The number of rotatable bonds is 4. The number of nitrogens with zero attached hydrogens (tertiary/aromatic N) is 2. The molecule has 1 amide bonds. The maximum absolute atomic E-state index is 12.3. The Morgan fingerprint density at radius 2 is 1.77 bits per heavy atom. The Balaban J connectivity index is 2.27. The van der Waals surface area contributed by atoms with Gasteiger partial charge >= 0.3 is 0 Å². The first-order valence-corrected chi connectivity index (χ1v) is 7.18. The lowest BCUT2D eigenvalue weighted by molar-refractivity contribution is 0.0288. The van der Waals surface area contributed by atoms with Crippen LogP contribution in [0.4, 0.5) is 11.4 Å². The third-order valence-corrected chi connectivity index (χ3v) is 3.97. The van der Waals surface area contributed by atoms with E-state index in [0.29, 0.717) is 0 Å². The van der Waals surface area contributed by atoms with Crippen LogP contribution in [0.1, 0.15) is 48.0 Å². The van der Waals surface area contributed by atoms with Crippen molar-refractivity contribution in [1.82, 2.24) is 5.32 Å². The van der Waals surface area contributed by atoms with Crippen molar-refractivity contribution in [1.29, 1.82) is 0 Å². The molecular formula is C14H19N3O5-2. The Kier molecular flexibility index (Phi) is 5.19. The zero-order valence-corrected chi connectivity index (χ0v) is 12.3. The molecule has 0 unspecified atom stereocenters. The predicted octanol–water partition coefficient (Wildman–Crippen LogP) is 2.44. The Hall–Kier alpha value is -1.87. The van der Waals surface area contributed by atoms with Crippen molar-refractivity contribution in [3.8, 4) is 0 Å². The van der Waals surface area contributed by atoms with Crippen molar-refractivity contribution in [2.24, 2.45) is 0 Å². The minimum atomic E-state index is -0.653. The quantitative estimate of drug-likeness (QED) is 0.730. The molecule has 1 aromatic carbocycles. The van der Waals surface area contributed by atoms with E-state index in [1.807, 2.05) is 0 Å². The first-order valence-electron chi connectivity index (χ1n) is 7.18. The average Bonchev–Trinajstić information content (AvgIpc) is 2.47. The molecule has 122 valence electrons. The van der Waals surface area contributed by atoms with Gasteiger partial charge < -0.3 is 21.0 Å². The summed E-state index contributed by atoms with van der Waals surface area (Å²) in [4.78, 5) is 12.3. The van der Waals surface area contributed by atoms with Crippen LogP contribution in [0.25, 0.3) is 0 Å². The van der Waals surface area contributed by atoms with Gasteiger partial charge in [0.15, 0.2) is 0 Å². The normalized spacial score (nSPS) is 15.5. The standard InChI is InChI=1S/C14H19N3O5/c1-9-12(16(19)20)7-10(8-13(9)17(21)22)14(18)15-11-5-3-2-4-6-11/h7-8,11,19-20H,2-6H2,1H3,(H,15,18)/q-2. The molecule has 1 aliphatic rings. The number of carbonyl (C=O) groups excluding carboxylic acids is 1. The summed E-state index contributed by atoms with van der Waals surface area (Å²) < 4.78 is 0. The van der Waals surface area contributed by atoms with Gasteiger partial charge in [0.2, 0.25) is 0 Å². The molecule has 1 aromatic rings. The summed E-state index contributed by atoms with van der Waals surface area (Å²) in [7, 11) is 0. The van der Waals surface area contributed by atoms with Gasteiger partial charge in [-0.25, -0.2) is 0 Å². The second-order valence-corrected chi connectivity index (χ2v) is 5.49. The molecule has 0 bridgehead atoms. The van der Waals surface area contributed by atoms with Crippen molar-refractivity contribution in [2.45, 2.75) is 45.1 Å². The van der Waals surface area contributed by atoms with Crippen molar-refractivity contribution >= 4 is 17.3 Å². The van der Waals surface area contributed by atoms with Gasteiger partial charge in [-0.05, 0) is 37.5 Å². The van der Waals surface area contributed by atoms with E-state index in [1.54, 1.807) is 0 Å². The second kappa shape index (κ2) is 6.93. The van der Waals surface area contributed by atoms with Crippen LogP contribution >= 0.6 is 0 Å². The van der Waals surface area contributed by atoms with E-state index in [4.69, 9.17) is 0 Å². The third-order valence-electron chi connectivity index (χ3n) is 3.97. The fourth-order valence-electron chi connectivity index (χ4n) is 2.73. The summed E-state index contributed by atoms with van der Waals surface area (Å²) >= 11 is 0. The molecule has 8 heteroatoms. The minimum Gasteiger partial charge on any atom is -0.769 e. The van der Waals surface area contributed by atoms with Crippen LogP contribution in [0.5, 0.6) is 0 Å². The van der Waals surface area contributed by atoms with Gasteiger partial charge in [-0.3, -0.25) is 15.2 Å². The highest BCUT2D eigenvalue weighted by Gasteiger charge is 2.19. The van der Waals surface area contributed by atoms with Crippen LogP contribution in [0.3, 0.4) is 0 Å². The van der Waals surface area contributed by atoms with Crippen LogP contribution in [0.15, 0.2) is 12.1 Å². The van der Waals surface area contributed by atoms with Crippen molar-refractivity contribution < 1.29 is 15.2 Å². The van der Waals surface area contributed by atoms with Gasteiger partial charge in [0.25, 0.3) is 5.91 Å². The van der Waals surface area contributed by atoms with E-state index >= 15 is 0 Å². The number of hydrogen-bond donors (Lipinski definition) is 3. The lowest BCUT2D eigenvalue weighted by atomic mass is 9.95. The Labute approximate surface area is 128 Å². The lowest BCUT2D eigenvalue weighted by Gasteiger charge is -2.39. The van der Waals surface area contributed by atoms with Crippen molar-refractivity contribution in [3.63, 3.8) is 0 Å². The molecule has 1 fully saturated rings. The Morgan fingerprint density at radius 3 is 2.32 bits per heavy atom. The molecule has 0 heterocycles. The number of benzene rings is 1. The zero-order chi connectivity index (χ0) is 16.3. The fourth-order valence-corrected chi connectivity index (χ4v) is 2.73. The van der Waals surface area contributed by atoms with Gasteiger partial charge in [-0.1, -0.05) is 19.3 Å². The largest absolute Gasteiger partial charge is 0.769 e. The minimum absolute atomic E-state index is 0.0333. The summed E-state index contributed by atoms with van der Waals surface area (Å²) in [5.74, 6) is -0.446. The van der Waals surface area contributed by atoms with Gasteiger partial charge in [-0.2, -0.15) is 0 Å². The molecule has 8 nitrogen and oxygen atoms in total. The molecule has 1 aliphatic carbocycles. The van der Waals surface area contributed by atoms with Crippen molar-refractivity contribution in [2.75, 3.05) is 10.5 Å². The van der Waals surface area contributed by atoms with E-state index < -0.39 is 11.1 Å². The first-order chi connectivity index (χ1) is 10.4. The van der Waals surface area contributed by atoms with Crippen molar-refractivity contribution in [3.05, 3.63) is 33.7 Å². The van der Waals surface area contributed by atoms with E-state index in [9.17, 15) is 25.6 Å². The number of carbonyl (C=O) groups is 1. The number of amides is 1. The summed E-state index contributed by atoms with van der Waals surface area (Å²) in [6.07, 6.45) is 5.02. The molecule has 2 rings (SSSR count). The molecule has 0 atom stereocenters. The third kappa shape index (κ3) is 3.66. The topological polar surface area (TPSA) is 122 Å². The van der Waals surface area contributed by atoms with Gasteiger partial charge in [0.1, 0.15) is 0 Å². The van der Waals surface area contributed by atoms with E-state index in [1.165, 1.54) is 13.0 Å². The van der Waals surface area contributed by atoms with Gasteiger partial charge in [0.05, 0.1) is 5.69 Å². The van der Waals surface area contributed by atoms with E-state index in [0.717, 1.165) is 38.2 Å². The molecular weight excluding hydrogens is 290 g/mol. The van der Waals surface area contributed by atoms with Crippen LogP contribution in [0.2, 0.25) is 0 Å². The molecule has 1 saturated carbocycles. The summed E-state index contributed by atoms with van der Waals surface area (Å²) in [5, 5.41) is 42.4. The molecule has 0 radical (unpaired) electrons. The van der Waals surface area contributed by atoms with Crippen LogP contribution < -0.4 is 15.8 Å². The zero-order valence-electron chi connectivity index (χ0n) is 12.3. The SMILES string of the molecule is Cc1c(N([O-])[O-])cc(C(=O)NC2CCCCC2)cc1N(O)O. The van der Waals surface area contributed by atoms with E-state index in [2.05, 4.69) is 5.32 Å². The van der Waals surface area contributed by atoms with E-state index in [-0.39, 0.29) is 33.8 Å². The second-order valence-electron chi connectivity index (χ2n) is 5.49. The average molecular weight is 309 g/mol. The molecule has 3 N–H and O–H groups in total. The fraction of sp³-hybridized carbons (Fsp3) is 0.500. The number of nitrogens with one attached hydrogen (secondary N) is 1. The highest BCUT2D eigenvalue weighted by molar-refractivity contribution is 5.97. The van der Waals surface area contributed by atoms with Crippen LogP contribution in [-0.2, 0) is 0 Å². The molecule has 0 aromatic heterocycles. The predicted molar refractivity (Wildman–Crippen MR) is 80.8 cm³/mol. The first kappa shape index (κ1) is 16.5. The smallest absolute Gasteiger partial charge is 0.251 e. The lowest BCUT2D eigenvalue weighted by Crippen LogP contribution is -2.36. The Bertz CT molecular complexity index is 512. The maximum atomic E-state index is 12.3. The Morgan fingerprint density at radius 1 is 1.18 bits per heavy atom.